The summed E-state index contributed by atoms with van der Waals surface area (Å²) in [7, 11) is 0. The Morgan fingerprint density at radius 2 is 2.29 bits per heavy atom. The fourth-order valence-corrected chi connectivity index (χ4v) is 2.44. The van der Waals surface area contributed by atoms with E-state index in [0.29, 0.717) is 17.1 Å². The third-order valence-corrected chi connectivity index (χ3v) is 3.52. The first-order chi connectivity index (χ1) is 10.1. The van der Waals surface area contributed by atoms with Crippen LogP contribution in [0.3, 0.4) is 0 Å². The number of anilines is 1. The van der Waals surface area contributed by atoms with Gasteiger partial charge in [-0.2, -0.15) is 0 Å². The molecular weight excluding hydrogens is 290 g/mol. The van der Waals surface area contributed by atoms with Crippen LogP contribution in [-0.4, -0.2) is 15.9 Å². The van der Waals surface area contributed by atoms with Gasteiger partial charge in [-0.3, -0.25) is 9.59 Å². The number of pyridine rings is 1. The van der Waals surface area contributed by atoms with Crippen LogP contribution in [0.4, 0.5) is 5.82 Å². The summed E-state index contributed by atoms with van der Waals surface area (Å²) in [6.07, 6.45) is 1.70. The average Bonchev–Trinajstić information content (AvgIpc) is 2.90. The van der Waals surface area contributed by atoms with Gasteiger partial charge in [-0.25, -0.2) is 10.8 Å². The zero-order valence-corrected chi connectivity index (χ0v) is 12.4. The minimum absolute atomic E-state index is 0.136. The molecule has 0 fully saturated rings. The van der Waals surface area contributed by atoms with Crippen molar-refractivity contribution in [1.82, 2.24) is 15.3 Å². The molecule has 2 aromatic heterocycles. The summed E-state index contributed by atoms with van der Waals surface area (Å²) < 4.78 is 0. The van der Waals surface area contributed by atoms with E-state index in [2.05, 4.69) is 20.7 Å². The van der Waals surface area contributed by atoms with Crippen molar-refractivity contribution in [3.05, 3.63) is 44.1 Å². The first-order valence-electron chi connectivity index (χ1n) is 6.55. The van der Waals surface area contributed by atoms with Gasteiger partial charge in [-0.05, 0) is 18.6 Å². The first-order valence-corrected chi connectivity index (χ1v) is 7.42. The molecule has 21 heavy (non-hydrogen) atoms. The molecule has 2 aromatic rings. The number of nitrogens with one attached hydrogen (secondary N) is 3. The van der Waals surface area contributed by atoms with E-state index in [-0.39, 0.29) is 17.3 Å². The van der Waals surface area contributed by atoms with Crippen molar-refractivity contribution in [3.63, 3.8) is 0 Å². The maximum Gasteiger partial charge on any atom is 0.304 e. The van der Waals surface area contributed by atoms with Gasteiger partial charge in [-0.15, -0.1) is 0 Å². The number of hydrazine groups is 1. The number of aryl methyl sites for hydroxylation is 1. The van der Waals surface area contributed by atoms with E-state index < -0.39 is 0 Å². The molecule has 2 heterocycles. The lowest BCUT2D eigenvalue weighted by Crippen LogP contribution is -2.24. The smallest absolute Gasteiger partial charge is 0.304 e. The van der Waals surface area contributed by atoms with E-state index in [1.807, 2.05) is 6.92 Å². The second kappa shape index (κ2) is 7.00. The van der Waals surface area contributed by atoms with Gasteiger partial charge in [0.1, 0.15) is 5.82 Å². The quantitative estimate of drug-likeness (QED) is 0.470. The number of aromatic nitrogens is 2. The molecule has 0 radical (unpaired) electrons. The third-order valence-electron chi connectivity index (χ3n) is 2.80. The van der Waals surface area contributed by atoms with Crippen LogP contribution < -0.4 is 21.5 Å². The van der Waals surface area contributed by atoms with Gasteiger partial charge < -0.3 is 15.7 Å². The van der Waals surface area contributed by atoms with Crippen molar-refractivity contribution >= 4 is 23.1 Å². The average molecular weight is 307 g/mol. The van der Waals surface area contributed by atoms with Crippen molar-refractivity contribution in [2.75, 3.05) is 5.43 Å². The number of hydrogen-bond donors (Lipinski definition) is 4. The number of nitrogens with zero attached hydrogens (tertiary/aromatic N) is 1. The Balaban J connectivity index is 2.10. The summed E-state index contributed by atoms with van der Waals surface area (Å²) in [6.45, 7) is 2.31. The van der Waals surface area contributed by atoms with Crippen LogP contribution in [0, 0.1) is 0 Å². The lowest BCUT2D eigenvalue weighted by Gasteiger charge is -2.08. The molecule has 0 saturated carbocycles. The highest BCUT2D eigenvalue weighted by molar-refractivity contribution is 7.07. The molecule has 0 aromatic carbocycles. The minimum atomic E-state index is -0.238. The molecule has 0 bridgehead atoms. The maximum atomic E-state index is 12.2. The van der Waals surface area contributed by atoms with Gasteiger partial charge in [0.15, 0.2) is 0 Å². The zero-order chi connectivity index (χ0) is 15.2. The fraction of sp³-hybridized carbons (Fsp3) is 0.308. The van der Waals surface area contributed by atoms with Crippen LogP contribution in [-0.2, 0) is 13.0 Å². The van der Waals surface area contributed by atoms with Crippen molar-refractivity contribution in [3.8, 4) is 0 Å². The van der Waals surface area contributed by atoms with E-state index in [4.69, 9.17) is 5.84 Å². The standard InChI is InChI=1S/C13H17N5O2S/c1-2-3-9-4-8(5-11(16-9)18-14)12(19)15-6-10-7-21-13(20)17-10/h4-5,7H,2-3,6,14H2,1H3,(H,15,19)(H,16,18)(H,17,20). The highest BCUT2D eigenvalue weighted by Gasteiger charge is 2.10. The maximum absolute atomic E-state index is 12.2. The van der Waals surface area contributed by atoms with E-state index in [9.17, 15) is 9.59 Å². The third kappa shape index (κ3) is 4.14. The Hall–Kier alpha value is -2.19. The number of thiazole rings is 1. The number of rotatable bonds is 6. The molecule has 0 aliphatic rings. The van der Waals surface area contributed by atoms with Crippen molar-refractivity contribution in [1.29, 1.82) is 0 Å². The lowest BCUT2D eigenvalue weighted by atomic mass is 10.1. The number of carbonyl (C=O) groups is 1. The van der Waals surface area contributed by atoms with Crippen molar-refractivity contribution in [2.45, 2.75) is 26.3 Å². The Kier molecular flexibility index (Phi) is 5.07. The largest absolute Gasteiger partial charge is 0.346 e. The number of carbonyl (C=O) groups excluding carboxylic acids is 1. The Labute approximate surface area is 125 Å². The summed E-state index contributed by atoms with van der Waals surface area (Å²) in [4.78, 5) is 30.0. The lowest BCUT2D eigenvalue weighted by molar-refractivity contribution is 0.0950. The zero-order valence-electron chi connectivity index (χ0n) is 11.6. The van der Waals surface area contributed by atoms with Gasteiger partial charge in [0.2, 0.25) is 0 Å². The molecule has 0 atom stereocenters. The molecule has 112 valence electrons. The summed E-state index contributed by atoms with van der Waals surface area (Å²) in [6, 6.07) is 3.33. The molecule has 8 heteroatoms. The van der Waals surface area contributed by atoms with Gasteiger partial charge in [0.05, 0.1) is 6.54 Å². The van der Waals surface area contributed by atoms with E-state index in [1.54, 1.807) is 17.5 Å². The number of nitrogens with two attached hydrogens (primary N) is 1. The molecule has 1 amide bonds. The van der Waals surface area contributed by atoms with Crippen LogP contribution in [0.2, 0.25) is 0 Å². The molecule has 0 saturated heterocycles. The predicted octanol–water partition coefficient (Wildman–Crippen LogP) is 1.000. The molecular formula is C13H17N5O2S. The van der Waals surface area contributed by atoms with Crippen molar-refractivity contribution < 1.29 is 4.79 Å². The molecule has 2 rings (SSSR count). The van der Waals surface area contributed by atoms with E-state index in [0.717, 1.165) is 29.9 Å². The molecule has 0 aliphatic heterocycles. The second-order valence-corrected chi connectivity index (χ2v) is 5.33. The minimum Gasteiger partial charge on any atom is -0.346 e. The molecule has 0 spiro atoms. The molecule has 5 N–H and O–H groups in total. The van der Waals surface area contributed by atoms with Gasteiger partial charge in [0.25, 0.3) is 5.91 Å². The normalized spacial score (nSPS) is 10.4. The monoisotopic (exact) mass is 307 g/mol. The SMILES string of the molecule is CCCc1cc(C(=O)NCc2csc(=O)[nH]2)cc(NN)n1. The van der Waals surface area contributed by atoms with Crippen LogP contribution in [0.15, 0.2) is 22.3 Å². The van der Waals surface area contributed by atoms with Crippen LogP contribution in [0.25, 0.3) is 0 Å². The van der Waals surface area contributed by atoms with E-state index in [1.165, 1.54) is 0 Å². The number of H-pyrrole nitrogens is 1. The van der Waals surface area contributed by atoms with E-state index >= 15 is 0 Å². The predicted molar refractivity (Wildman–Crippen MR) is 82.2 cm³/mol. The Bertz CT molecular complexity index is 679. The highest BCUT2D eigenvalue weighted by atomic mass is 32.1. The Morgan fingerprint density at radius 1 is 1.48 bits per heavy atom. The van der Waals surface area contributed by atoms with Gasteiger partial charge in [-0.1, -0.05) is 24.7 Å². The fourth-order valence-electron chi connectivity index (χ4n) is 1.86. The Morgan fingerprint density at radius 3 is 2.90 bits per heavy atom. The molecule has 7 nitrogen and oxygen atoms in total. The summed E-state index contributed by atoms with van der Waals surface area (Å²) in [5.74, 6) is 5.59. The van der Waals surface area contributed by atoms with Crippen LogP contribution >= 0.6 is 11.3 Å². The summed E-state index contributed by atoms with van der Waals surface area (Å²) >= 11 is 1.07. The number of aromatic amines is 1. The number of nitrogen functional groups attached to an aromatic ring is 1. The van der Waals surface area contributed by atoms with Gasteiger partial charge in [0, 0.05) is 22.3 Å². The summed E-state index contributed by atoms with van der Waals surface area (Å²) in [5.41, 5.74) is 4.43. The highest BCUT2D eigenvalue weighted by Crippen LogP contribution is 2.11. The van der Waals surface area contributed by atoms with Crippen LogP contribution in [0.5, 0.6) is 0 Å². The second-order valence-electron chi connectivity index (χ2n) is 4.48. The van der Waals surface area contributed by atoms with Gasteiger partial charge >= 0.3 is 4.87 Å². The van der Waals surface area contributed by atoms with Crippen molar-refractivity contribution in [2.24, 2.45) is 5.84 Å². The first kappa shape index (κ1) is 15.2. The molecule has 0 unspecified atom stereocenters. The van der Waals surface area contributed by atoms with Crippen LogP contribution in [0.1, 0.15) is 35.1 Å². The topological polar surface area (TPSA) is 113 Å². The summed E-state index contributed by atoms with van der Waals surface area (Å²) in [5, 5.41) is 4.44. The number of amides is 1. The number of hydrogen-bond acceptors (Lipinski definition) is 6. The molecule has 0 aliphatic carbocycles.